The quantitative estimate of drug-likeness (QED) is 0.266. The van der Waals surface area contributed by atoms with Crippen LogP contribution in [0.2, 0.25) is 0 Å². The van der Waals surface area contributed by atoms with E-state index < -0.39 is 23.5 Å². The minimum absolute atomic E-state index is 0.0888. The summed E-state index contributed by atoms with van der Waals surface area (Å²) in [6.45, 7) is 3.05. The number of aliphatic hydroxyl groups is 1. The predicted octanol–water partition coefficient (Wildman–Crippen LogP) is 6.09. The number of rotatable bonds is 11. The van der Waals surface area contributed by atoms with Gasteiger partial charge in [-0.2, -0.15) is 0 Å². The first-order valence-corrected chi connectivity index (χ1v) is 12.4. The second-order valence-electron chi connectivity index (χ2n) is 8.78. The van der Waals surface area contributed by atoms with Crippen LogP contribution in [0.1, 0.15) is 42.5 Å². The molecule has 0 aromatic heterocycles. The fourth-order valence-electron chi connectivity index (χ4n) is 4.31. The number of ketones is 1. The lowest BCUT2D eigenvalue weighted by Crippen LogP contribution is -2.33. The molecule has 3 aromatic rings. The summed E-state index contributed by atoms with van der Waals surface area (Å²) in [6.07, 6.45) is 5.67. The Labute approximate surface area is 212 Å². The Hall–Kier alpha value is -4.12. The number of carbonyl (C=O) groups is 2. The molecule has 1 N–H and O–H groups in total. The van der Waals surface area contributed by atoms with Crippen molar-refractivity contribution < 1.29 is 19.4 Å². The first-order chi connectivity index (χ1) is 17.6. The van der Waals surface area contributed by atoms with Crippen LogP contribution in [0.4, 0.5) is 0 Å². The summed E-state index contributed by atoms with van der Waals surface area (Å²) in [5, 5.41) is 10.9. The molecule has 184 valence electrons. The standard InChI is InChI=1S/C31H31NO4/c1-2-3-21-36-26-16-10-15-25(22-26)29-28(27(33)18-17-23-11-6-4-7-12-23)30(34)31(35)32(29)20-19-24-13-8-5-9-14-24/h4-18,22,29,34H,2-3,19-21H2,1H3/b18-17+. The van der Waals surface area contributed by atoms with Gasteiger partial charge in [0.1, 0.15) is 5.75 Å². The molecular weight excluding hydrogens is 450 g/mol. The maximum Gasteiger partial charge on any atom is 0.290 e. The minimum Gasteiger partial charge on any atom is -0.503 e. The van der Waals surface area contributed by atoms with Crippen molar-refractivity contribution in [2.45, 2.75) is 32.2 Å². The van der Waals surface area contributed by atoms with Crippen LogP contribution in [-0.4, -0.2) is 34.8 Å². The highest BCUT2D eigenvalue weighted by molar-refractivity contribution is 6.14. The van der Waals surface area contributed by atoms with E-state index in [0.717, 1.165) is 29.5 Å². The highest BCUT2D eigenvalue weighted by Gasteiger charge is 2.42. The molecule has 0 spiro atoms. The van der Waals surface area contributed by atoms with Crippen LogP contribution in [0.15, 0.2) is 102 Å². The van der Waals surface area contributed by atoms with Crippen molar-refractivity contribution in [2.75, 3.05) is 13.2 Å². The number of aliphatic hydroxyl groups excluding tert-OH is 1. The number of allylic oxidation sites excluding steroid dienone is 1. The van der Waals surface area contributed by atoms with Crippen LogP contribution in [0.3, 0.4) is 0 Å². The Balaban J connectivity index is 1.66. The van der Waals surface area contributed by atoms with E-state index in [1.165, 1.54) is 6.08 Å². The summed E-state index contributed by atoms with van der Waals surface area (Å²) in [5.74, 6) is -0.749. The van der Waals surface area contributed by atoms with Gasteiger partial charge in [0.2, 0.25) is 0 Å². The second-order valence-corrected chi connectivity index (χ2v) is 8.78. The first-order valence-electron chi connectivity index (χ1n) is 12.4. The Bertz CT molecular complexity index is 1250. The fraction of sp³-hybridized carbons (Fsp3) is 0.226. The summed E-state index contributed by atoms with van der Waals surface area (Å²) in [6, 6.07) is 26.0. The van der Waals surface area contributed by atoms with Crippen LogP contribution in [0.5, 0.6) is 5.75 Å². The van der Waals surface area contributed by atoms with E-state index >= 15 is 0 Å². The molecule has 3 aromatic carbocycles. The van der Waals surface area contributed by atoms with E-state index in [1.807, 2.05) is 84.9 Å². The normalized spacial score (nSPS) is 15.6. The van der Waals surface area contributed by atoms with Crippen LogP contribution in [0, 0.1) is 0 Å². The largest absolute Gasteiger partial charge is 0.503 e. The predicted molar refractivity (Wildman–Crippen MR) is 142 cm³/mol. The number of benzene rings is 3. The van der Waals surface area contributed by atoms with Gasteiger partial charge in [0, 0.05) is 6.54 Å². The third-order valence-electron chi connectivity index (χ3n) is 6.22. The summed E-state index contributed by atoms with van der Waals surface area (Å²) in [5.41, 5.74) is 2.75. The molecule has 1 aliphatic rings. The number of hydrogen-bond donors (Lipinski definition) is 1. The second kappa shape index (κ2) is 12.0. The molecule has 1 amide bonds. The molecule has 5 heteroatoms. The number of unbranched alkanes of at least 4 members (excludes halogenated alkanes) is 1. The molecule has 36 heavy (non-hydrogen) atoms. The summed E-state index contributed by atoms with van der Waals surface area (Å²) >= 11 is 0. The highest BCUT2D eigenvalue weighted by Crippen LogP contribution is 2.39. The van der Waals surface area contributed by atoms with Gasteiger partial charge in [0.05, 0.1) is 18.2 Å². The van der Waals surface area contributed by atoms with Crippen LogP contribution < -0.4 is 4.74 Å². The van der Waals surface area contributed by atoms with Gasteiger partial charge in [-0.25, -0.2) is 0 Å². The molecule has 5 nitrogen and oxygen atoms in total. The maximum absolute atomic E-state index is 13.4. The Morgan fingerprint density at radius 1 is 1.00 bits per heavy atom. The zero-order valence-corrected chi connectivity index (χ0v) is 20.5. The molecule has 0 saturated heterocycles. The minimum atomic E-state index is -0.705. The van der Waals surface area contributed by atoms with Gasteiger partial charge in [-0.3, -0.25) is 9.59 Å². The molecular formula is C31H31NO4. The molecule has 1 atom stereocenters. The lowest BCUT2D eigenvalue weighted by Gasteiger charge is -2.27. The van der Waals surface area contributed by atoms with Crippen molar-refractivity contribution in [3.8, 4) is 5.75 Å². The molecule has 4 rings (SSSR count). The van der Waals surface area contributed by atoms with Gasteiger partial charge in [-0.15, -0.1) is 0 Å². The van der Waals surface area contributed by atoms with Crippen molar-refractivity contribution in [3.63, 3.8) is 0 Å². The van der Waals surface area contributed by atoms with Crippen LogP contribution in [0.25, 0.3) is 6.08 Å². The van der Waals surface area contributed by atoms with Gasteiger partial charge in [0.25, 0.3) is 5.91 Å². The van der Waals surface area contributed by atoms with Crippen LogP contribution in [-0.2, 0) is 16.0 Å². The lowest BCUT2D eigenvalue weighted by atomic mass is 9.95. The van der Waals surface area contributed by atoms with Crippen molar-refractivity contribution in [1.29, 1.82) is 0 Å². The number of ether oxygens (including phenoxy) is 1. The number of carbonyl (C=O) groups excluding carboxylic acids is 2. The van der Waals surface area contributed by atoms with Crippen molar-refractivity contribution in [3.05, 3.63) is 119 Å². The van der Waals surface area contributed by atoms with Gasteiger partial charge in [-0.1, -0.05) is 92.2 Å². The molecule has 0 bridgehead atoms. The van der Waals surface area contributed by atoms with Gasteiger partial charge in [-0.05, 0) is 47.7 Å². The van der Waals surface area contributed by atoms with Gasteiger partial charge in [0.15, 0.2) is 11.5 Å². The topological polar surface area (TPSA) is 66.8 Å². The average Bonchev–Trinajstić information content (AvgIpc) is 3.17. The average molecular weight is 482 g/mol. The highest BCUT2D eigenvalue weighted by atomic mass is 16.5. The summed E-state index contributed by atoms with van der Waals surface area (Å²) < 4.78 is 5.88. The Kier molecular flexibility index (Phi) is 8.35. The molecule has 0 aliphatic carbocycles. The monoisotopic (exact) mass is 481 g/mol. The smallest absolute Gasteiger partial charge is 0.290 e. The molecule has 0 radical (unpaired) electrons. The summed E-state index contributed by atoms with van der Waals surface area (Å²) in [4.78, 5) is 28.1. The molecule has 0 saturated carbocycles. The Morgan fingerprint density at radius 3 is 2.44 bits per heavy atom. The van der Waals surface area contributed by atoms with E-state index in [0.29, 0.717) is 25.3 Å². The fourth-order valence-corrected chi connectivity index (χ4v) is 4.31. The van der Waals surface area contributed by atoms with E-state index in [9.17, 15) is 14.7 Å². The van der Waals surface area contributed by atoms with Crippen molar-refractivity contribution in [1.82, 2.24) is 4.90 Å². The maximum atomic E-state index is 13.4. The Morgan fingerprint density at radius 2 is 1.72 bits per heavy atom. The summed E-state index contributed by atoms with van der Waals surface area (Å²) in [7, 11) is 0. The number of nitrogens with zero attached hydrogens (tertiary/aromatic N) is 1. The first kappa shape index (κ1) is 25.0. The van der Waals surface area contributed by atoms with E-state index in [2.05, 4.69) is 6.92 Å². The molecule has 0 fully saturated rings. The zero-order chi connectivity index (χ0) is 25.3. The van der Waals surface area contributed by atoms with Crippen molar-refractivity contribution in [2.24, 2.45) is 0 Å². The zero-order valence-electron chi connectivity index (χ0n) is 20.5. The van der Waals surface area contributed by atoms with E-state index in [4.69, 9.17) is 4.74 Å². The van der Waals surface area contributed by atoms with Gasteiger partial charge >= 0.3 is 0 Å². The number of amides is 1. The lowest BCUT2D eigenvalue weighted by molar-refractivity contribution is -0.129. The van der Waals surface area contributed by atoms with Gasteiger partial charge < -0.3 is 14.7 Å². The van der Waals surface area contributed by atoms with E-state index in [1.54, 1.807) is 11.0 Å². The molecule has 1 heterocycles. The SMILES string of the molecule is CCCCOc1cccc(C2C(C(=O)/C=C/c3ccccc3)=C(O)C(=O)N2CCc2ccccc2)c1. The van der Waals surface area contributed by atoms with Crippen molar-refractivity contribution >= 4 is 17.8 Å². The number of hydrogen-bond acceptors (Lipinski definition) is 4. The van der Waals surface area contributed by atoms with Crippen LogP contribution >= 0.6 is 0 Å². The third-order valence-corrected chi connectivity index (χ3v) is 6.22. The van der Waals surface area contributed by atoms with E-state index in [-0.39, 0.29) is 5.57 Å². The third kappa shape index (κ3) is 5.92. The molecule has 1 aliphatic heterocycles. The molecule has 1 unspecified atom stereocenters.